The maximum absolute atomic E-state index is 5.45. The summed E-state index contributed by atoms with van der Waals surface area (Å²) in [5.74, 6) is 0.985. The van der Waals surface area contributed by atoms with E-state index in [0.29, 0.717) is 0 Å². The zero-order valence-corrected chi connectivity index (χ0v) is 10.4. The van der Waals surface area contributed by atoms with E-state index in [2.05, 4.69) is 19.2 Å². The van der Waals surface area contributed by atoms with Crippen LogP contribution < -0.4 is 5.32 Å². The summed E-state index contributed by atoms with van der Waals surface area (Å²) in [7, 11) is 0. The van der Waals surface area contributed by atoms with Gasteiger partial charge >= 0.3 is 0 Å². The maximum Gasteiger partial charge on any atom is 0.0478 e. The highest BCUT2D eigenvalue weighted by molar-refractivity contribution is 4.79. The summed E-state index contributed by atoms with van der Waals surface area (Å²) in [5.41, 5.74) is 0. The summed E-state index contributed by atoms with van der Waals surface area (Å²) in [6, 6.07) is 0.793. The minimum atomic E-state index is 0.793. The smallest absolute Gasteiger partial charge is 0.0478 e. The Morgan fingerprint density at radius 3 is 2.73 bits per heavy atom. The fourth-order valence-electron chi connectivity index (χ4n) is 2.36. The lowest BCUT2D eigenvalue weighted by Gasteiger charge is -2.12. The van der Waals surface area contributed by atoms with E-state index in [1.54, 1.807) is 0 Å². The summed E-state index contributed by atoms with van der Waals surface area (Å²) in [6.45, 7) is 7.43. The fraction of sp³-hybridized carbons (Fsp3) is 1.00. The molecule has 15 heavy (non-hydrogen) atoms. The van der Waals surface area contributed by atoms with Crippen molar-refractivity contribution in [2.24, 2.45) is 5.92 Å². The lowest BCUT2D eigenvalue weighted by Crippen LogP contribution is -2.28. The van der Waals surface area contributed by atoms with Gasteiger partial charge in [0.25, 0.3) is 0 Å². The van der Waals surface area contributed by atoms with Crippen LogP contribution in [-0.2, 0) is 4.74 Å². The van der Waals surface area contributed by atoms with E-state index in [9.17, 15) is 0 Å². The average molecular weight is 213 g/mol. The molecule has 0 saturated heterocycles. The van der Waals surface area contributed by atoms with Crippen LogP contribution in [0.25, 0.3) is 0 Å². The number of hydrogen-bond acceptors (Lipinski definition) is 2. The molecule has 2 nitrogen and oxygen atoms in total. The largest absolute Gasteiger partial charge is 0.381 e. The van der Waals surface area contributed by atoms with Gasteiger partial charge in [-0.25, -0.2) is 0 Å². The Morgan fingerprint density at radius 1 is 1.20 bits per heavy atom. The third-order valence-corrected chi connectivity index (χ3v) is 3.37. The van der Waals surface area contributed by atoms with Gasteiger partial charge in [-0.1, -0.05) is 20.3 Å². The molecule has 0 bridgehead atoms. The standard InChI is InChI=1S/C13H27NO/c1-3-9-15-10-5-8-14-13-7-6-12(4-2)11-13/h12-14H,3-11H2,1-2H3. The Labute approximate surface area is 94.8 Å². The van der Waals surface area contributed by atoms with Crippen molar-refractivity contribution in [1.29, 1.82) is 0 Å². The Kier molecular flexibility index (Phi) is 7.03. The normalized spacial score (nSPS) is 26.0. The second kappa shape index (κ2) is 8.12. The summed E-state index contributed by atoms with van der Waals surface area (Å²) in [4.78, 5) is 0. The van der Waals surface area contributed by atoms with Crippen LogP contribution in [0.5, 0.6) is 0 Å². The highest BCUT2D eigenvalue weighted by atomic mass is 16.5. The highest BCUT2D eigenvalue weighted by Crippen LogP contribution is 2.27. The molecule has 0 aromatic carbocycles. The predicted molar refractivity (Wildman–Crippen MR) is 65.1 cm³/mol. The molecule has 2 unspecified atom stereocenters. The van der Waals surface area contributed by atoms with Crippen LogP contribution in [0.2, 0.25) is 0 Å². The molecule has 90 valence electrons. The molecule has 2 atom stereocenters. The van der Waals surface area contributed by atoms with Crippen LogP contribution in [0.15, 0.2) is 0 Å². The van der Waals surface area contributed by atoms with Crippen LogP contribution in [0, 0.1) is 5.92 Å². The molecule has 0 amide bonds. The molecule has 0 radical (unpaired) electrons. The number of rotatable bonds is 8. The average Bonchev–Trinajstić information content (AvgIpc) is 2.71. The van der Waals surface area contributed by atoms with Gasteiger partial charge in [-0.3, -0.25) is 0 Å². The predicted octanol–water partition coefficient (Wildman–Crippen LogP) is 2.97. The molecule has 1 aliphatic carbocycles. The lowest BCUT2D eigenvalue weighted by atomic mass is 10.1. The summed E-state index contributed by atoms with van der Waals surface area (Å²) in [5, 5.41) is 3.64. The highest BCUT2D eigenvalue weighted by Gasteiger charge is 2.22. The minimum Gasteiger partial charge on any atom is -0.381 e. The van der Waals surface area contributed by atoms with Crippen molar-refractivity contribution in [3.8, 4) is 0 Å². The fourth-order valence-corrected chi connectivity index (χ4v) is 2.36. The first kappa shape index (κ1) is 13.0. The van der Waals surface area contributed by atoms with Gasteiger partial charge in [0.2, 0.25) is 0 Å². The molecule has 0 aliphatic heterocycles. The van der Waals surface area contributed by atoms with Crippen molar-refractivity contribution in [2.75, 3.05) is 19.8 Å². The molecular weight excluding hydrogens is 186 g/mol. The Bertz CT molecular complexity index is 149. The molecule has 2 heteroatoms. The molecule has 1 aliphatic rings. The summed E-state index contributed by atoms with van der Waals surface area (Å²) < 4.78 is 5.45. The third-order valence-electron chi connectivity index (χ3n) is 3.37. The first-order valence-electron chi connectivity index (χ1n) is 6.68. The Morgan fingerprint density at radius 2 is 2.07 bits per heavy atom. The number of ether oxygens (including phenoxy) is 1. The SMILES string of the molecule is CCCOCCCNC1CCC(CC)C1. The molecule has 0 aromatic rings. The van der Waals surface area contributed by atoms with Crippen LogP contribution >= 0.6 is 0 Å². The number of nitrogens with one attached hydrogen (secondary N) is 1. The molecule has 0 aromatic heterocycles. The van der Waals surface area contributed by atoms with Crippen molar-refractivity contribution >= 4 is 0 Å². The van der Waals surface area contributed by atoms with Crippen LogP contribution in [-0.4, -0.2) is 25.8 Å². The monoisotopic (exact) mass is 213 g/mol. The van der Waals surface area contributed by atoms with Crippen molar-refractivity contribution < 1.29 is 4.74 Å². The molecule has 0 spiro atoms. The zero-order valence-electron chi connectivity index (χ0n) is 10.4. The zero-order chi connectivity index (χ0) is 10.9. The van der Waals surface area contributed by atoms with Gasteiger partial charge in [-0.15, -0.1) is 0 Å². The van der Waals surface area contributed by atoms with E-state index in [4.69, 9.17) is 4.74 Å². The van der Waals surface area contributed by atoms with Crippen molar-refractivity contribution in [3.63, 3.8) is 0 Å². The first-order chi connectivity index (χ1) is 7.36. The van der Waals surface area contributed by atoms with Gasteiger partial charge in [0.05, 0.1) is 0 Å². The molecule has 0 heterocycles. The molecule has 1 rings (SSSR count). The van der Waals surface area contributed by atoms with Crippen molar-refractivity contribution in [3.05, 3.63) is 0 Å². The van der Waals surface area contributed by atoms with E-state index in [0.717, 1.165) is 44.6 Å². The van der Waals surface area contributed by atoms with Gasteiger partial charge in [-0.05, 0) is 44.6 Å². The quantitative estimate of drug-likeness (QED) is 0.626. The second-order valence-corrected chi connectivity index (χ2v) is 4.70. The summed E-state index contributed by atoms with van der Waals surface area (Å²) in [6.07, 6.45) is 7.86. The van der Waals surface area contributed by atoms with Gasteiger partial charge in [0.15, 0.2) is 0 Å². The molecule has 1 fully saturated rings. The Hall–Kier alpha value is -0.0800. The maximum atomic E-state index is 5.45. The van der Waals surface area contributed by atoms with Crippen LogP contribution in [0.4, 0.5) is 0 Å². The second-order valence-electron chi connectivity index (χ2n) is 4.70. The Balaban J connectivity index is 1.88. The van der Waals surface area contributed by atoms with Crippen LogP contribution in [0.3, 0.4) is 0 Å². The molecule has 1 N–H and O–H groups in total. The third kappa shape index (κ3) is 5.53. The molecular formula is C13H27NO. The lowest BCUT2D eigenvalue weighted by molar-refractivity contribution is 0.131. The number of hydrogen-bond donors (Lipinski definition) is 1. The van der Waals surface area contributed by atoms with Gasteiger partial charge in [-0.2, -0.15) is 0 Å². The van der Waals surface area contributed by atoms with Gasteiger partial charge < -0.3 is 10.1 Å². The van der Waals surface area contributed by atoms with Crippen molar-refractivity contribution in [2.45, 2.75) is 58.4 Å². The summed E-state index contributed by atoms with van der Waals surface area (Å²) >= 11 is 0. The minimum absolute atomic E-state index is 0.793. The van der Waals surface area contributed by atoms with E-state index < -0.39 is 0 Å². The van der Waals surface area contributed by atoms with E-state index in [-0.39, 0.29) is 0 Å². The van der Waals surface area contributed by atoms with Crippen molar-refractivity contribution in [1.82, 2.24) is 5.32 Å². The van der Waals surface area contributed by atoms with E-state index in [1.807, 2.05) is 0 Å². The van der Waals surface area contributed by atoms with Crippen LogP contribution in [0.1, 0.15) is 52.4 Å². The van der Waals surface area contributed by atoms with Gasteiger partial charge in [0, 0.05) is 19.3 Å². The van der Waals surface area contributed by atoms with E-state index in [1.165, 1.54) is 25.7 Å². The van der Waals surface area contributed by atoms with Gasteiger partial charge in [0.1, 0.15) is 0 Å². The topological polar surface area (TPSA) is 21.3 Å². The first-order valence-corrected chi connectivity index (χ1v) is 6.68. The van der Waals surface area contributed by atoms with E-state index >= 15 is 0 Å². The molecule has 1 saturated carbocycles.